The van der Waals surface area contributed by atoms with E-state index in [9.17, 15) is 14.4 Å². The number of hydrogen-bond donors (Lipinski definition) is 0. The third-order valence-corrected chi connectivity index (χ3v) is 13.0. The maximum atomic E-state index is 12.9. The molecule has 422 valence electrons. The van der Waals surface area contributed by atoms with Crippen LogP contribution in [-0.2, 0) is 28.6 Å². The topological polar surface area (TPSA) is 78.9 Å². The average Bonchev–Trinajstić information content (AvgIpc) is 3.40. The molecular weight excluding hydrogens is 913 g/mol. The molecule has 0 aliphatic heterocycles. The summed E-state index contributed by atoms with van der Waals surface area (Å²) in [5, 5.41) is 0. The summed E-state index contributed by atoms with van der Waals surface area (Å²) >= 11 is 0. The van der Waals surface area contributed by atoms with Gasteiger partial charge in [0.1, 0.15) is 13.2 Å². The van der Waals surface area contributed by atoms with Crippen molar-refractivity contribution >= 4 is 17.9 Å². The predicted molar refractivity (Wildman–Crippen MR) is 320 cm³/mol. The zero-order chi connectivity index (χ0) is 53.6. The second kappa shape index (κ2) is 61.6. The molecule has 0 saturated carbocycles. The standard InChI is InChI=1S/C68H114O6/c1-4-7-10-13-16-19-22-25-27-29-30-31-32-33-34-35-36-37-38-40-41-43-46-49-52-55-58-61-67(70)73-64-65(63-72-66(69)60-57-54-51-48-45-24-21-18-15-12-9-6-3)74-68(71)62-59-56-53-50-47-44-42-39-28-26-23-20-17-14-11-8-5-2/h7-8,10-11,16-17,19-20,25-28,30-31,33-34,42,44,65H,4-6,9,12-15,18,21-24,29,32,35-41,43,45-64H2,1-3H3/b10-7-,11-8-,19-16-,20-17-,27-25-,28-26-,31-30-,34-33-,44-42-. The van der Waals surface area contributed by atoms with Crippen molar-refractivity contribution in [2.24, 2.45) is 0 Å². The van der Waals surface area contributed by atoms with Crippen LogP contribution in [-0.4, -0.2) is 37.2 Å². The van der Waals surface area contributed by atoms with Crippen molar-refractivity contribution in [2.75, 3.05) is 13.2 Å². The molecule has 0 saturated heterocycles. The Morgan fingerprint density at radius 1 is 0.284 bits per heavy atom. The average molecular weight is 1030 g/mol. The minimum Gasteiger partial charge on any atom is -0.462 e. The fourth-order valence-corrected chi connectivity index (χ4v) is 8.46. The number of hydrogen-bond acceptors (Lipinski definition) is 6. The van der Waals surface area contributed by atoms with Gasteiger partial charge in [0.2, 0.25) is 0 Å². The molecule has 0 aromatic carbocycles. The number of allylic oxidation sites excluding steroid dienone is 18. The van der Waals surface area contributed by atoms with Gasteiger partial charge in [0.15, 0.2) is 6.10 Å². The van der Waals surface area contributed by atoms with E-state index in [4.69, 9.17) is 14.2 Å². The van der Waals surface area contributed by atoms with Crippen LogP contribution in [0.15, 0.2) is 109 Å². The lowest BCUT2D eigenvalue weighted by Gasteiger charge is -2.18. The zero-order valence-corrected chi connectivity index (χ0v) is 48.3. The van der Waals surface area contributed by atoms with Crippen molar-refractivity contribution < 1.29 is 28.6 Å². The summed E-state index contributed by atoms with van der Waals surface area (Å²) in [4.78, 5) is 38.2. The molecule has 0 radical (unpaired) electrons. The van der Waals surface area contributed by atoms with Crippen LogP contribution in [0.1, 0.15) is 284 Å². The van der Waals surface area contributed by atoms with E-state index in [1.807, 2.05) is 0 Å². The zero-order valence-electron chi connectivity index (χ0n) is 48.3. The van der Waals surface area contributed by atoms with Gasteiger partial charge >= 0.3 is 17.9 Å². The van der Waals surface area contributed by atoms with Gasteiger partial charge in [-0.2, -0.15) is 0 Å². The summed E-state index contributed by atoms with van der Waals surface area (Å²) in [5.41, 5.74) is 0. The van der Waals surface area contributed by atoms with Crippen LogP contribution in [0.25, 0.3) is 0 Å². The molecule has 1 atom stereocenters. The van der Waals surface area contributed by atoms with Gasteiger partial charge in [-0.1, -0.05) is 271 Å². The smallest absolute Gasteiger partial charge is 0.306 e. The highest BCUT2D eigenvalue weighted by molar-refractivity contribution is 5.71. The first kappa shape index (κ1) is 70.1. The number of esters is 3. The van der Waals surface area contributed by atoms with Crippen LogP contribution in [0.4, 0.5) is 0 Å². The number of unbranched alkanes of at least 4 members (excludes halogenated alkanes) is 26. The highest BCUT2D eigenvalue weighted by Gasteiger charge is 2.19. The van der Waals surface area contributed by atoms with Gasteiger partial charge in [-0.3, -0.25) is 14.4 Å². The maximum absolute atomic E-state index is 12.9. The fraction of sp³-hybridized carbons (Fsp3) is 0.691. The van der Waals surface area contributed by atoms with Crippen LogP contribution < -0.4 is 0 Å². The Hall–Kier alpha value is -3.93. The van der Waals surface area contributed by atoms with E-state index < -0.39 is 6.10 Å². The maximum Gasteiger partial charge on any atom is 0.306 e. The van der Waals surface area contributed by atoms with E-state index in [1.165, 1.54) is 116 Å². The van der Waals surface area contributed by atoms with Crippen LogP contribution in [0, 0.1) is 0 Å². The van der Waals surface area contributed by atoms with Gasteiger partial charge in [0.25, 0.3) is 0 Å². The van der Waals surface area contributed by atoms with Crippen LogP contribution in [0.3, 0.4) is 0 Å². The van der Waals surface area contributed by atoms with E-state index in [0.717, 1.165) is 128 Å². The number of carbonyl (C=O) groups is 3. The molecule has 0 spiro atoms. The molecule has 0 amide bonds. The molecule has 6 nitrogen and oxygen atoms in total. The van der Waals surface area contributed by atoms with Gasteiger partial charge in [-0.25, -0.2) is 0 Å². The van der Waals surface area contributed by atoms with Crippen molar-refractivity contribution in [3.05, 3.63) is 109 Å². The summed E-state index contributed by atoms with van der Waals surface area (Å²) in [5.74, 6) is -0.909. The molecule has 74 heavy (non-hydrogen) atoms. The highest BCUT2D eigenvalue weighted by atomic mass is 16.6. The van der Waals surface area contributed by atoms with E-state index in [0.29, 0.717) is 19.3 Å². The fourth-order valence-electron chi connectivity index (χ4n) is 8.46. The molecule has 0 rings (SSSR count). The van der Waals surface area contributed by atoms with Crippen molar-refractivity contribution in [1.82, 2.24) is 0 Å². The van der Waals surface area contributed by atoms with E-state index in [2.05, 4.69) is 130 Å². The predicted octanol–water partition coefficient (Wildman–Crippen LogP) is 21.0. The summed E-state index contributed by atoms with van der Waals surface area (Å²) < 4.78 is 16.9. The number of rotatable bonds is 55. The van der Waals surface area contributed by atoms with Gasteiger partial charge in [0, 0.05) is 19.3 Å². The van der Waals surface area contributed by atoms with E-state index in [-0.39, 0.29) is 31.1 Å². The Bertz CT molecular complexity index is 1510. The molecule has 0 aliphatic rings. The lowest BCUT2D eigenvalue weighted by Crippen LogP contribution is -2.30. The normalized spacial score (nSPS) is 12.9. The monoisotopic (exact) mass is 1030 g/mol. The van der Waals surface area contributed by atoms with Crippen LogP contribution >= 0.6 is 0 Å². The van der Waals surface area contributed by atoms with E-state index in [1.54, 1.807) is 0 Å². The Morgan fingerprint density at radius 3 is 0.824 bits per heavy atom. The Balaban J connectivity index is 4.31. The Kier molecular flexibility index (Phi) is 58.3. The third-order valence-electron chi connectivity index (χ3n) is 13.0. The van der Waals surface area contributed by atoms with Gasteiger partial charge in [-0.15, -0.1) is 0 Å². The molecule has 0 aliphatic carbocycles. The minimum atomic E-state index is -0.792. The summed E-state index contributed by atoms with van der Waals surface area (Å²) in [7, 11) is 0. The quantitative estimate of drug-likeness (QED) is 0.0261. The minimum absolute atomic E-state index is 0.0872. The molecule has 6 heteroatoms. The van der Waals surface area contributed by atoms with Crippen molar-refractivity contribution in [1.29, 1.82) is 0 Å². The highest BCUT2D eigenvalue weighted by Crippen LogP contribution is 2.16. The van der Waals surface area contributed by atoms with E-state index >= 15 is 0 Å². The van der Waals surface area contributed by atoms with Crippen molar-refractivity contribution in [3.63, 3.8) is 0 Å². The van der Waals surface area contributed by atoms with Crippen molar-refractivity contribution in [3.8, 4) is 0 Å². The SMILES string of the molecule is CC/C=C\C/C=C\C/C=C\C/C=C\C/C=C\CCCCCCCCCCCCCC(=O)OCC(COC(=O)CCCCCCCCCCCCCC)OC(=O)CCCCCC/C=C\C/C=C\C/C=C\C/C=C\CC. The number of carbonyl (C=O) groups excluding carboxylic acids is 3. The van der Waals surface area contributed by atoms with Gasteiger partial charge in [-0.05, 0) is 103 Å². The third kappa shape index (κ3) is 59.0. The lowest BCUT2D eigenvalue weighted by atomic mass is 10.0. The van der Waals surface area contributed by atoms with Gasteiger partial charge < -0.3 is 14.2 Å². The Morgan fingerprint density at radius 2 is 0.527 bits per heavy atom. The lowest BCUT2D eigenvalue weighted by molar-refractivity contribution is -0.167. The second-order valence-electron chi connectivity index (χ2n) is 20.2. The molecule has 0 bridgehead atoms. The first-order chi connectivity index (χ1) is 36.5. The molecule has 0 aromatic rings. The first-order valence-electron chi connectivity index (χ1n) is 30.9. The largest absolute Gasteiger partial charge is 0.462 e. The summed E-state index contributed by atoms with van der Waals surface area (Å²) in [6.07, 6.45) is 83.7. The summed E-state index contributed by atoms with van der Waals surface area (Å²) in [6, 6.07) is 0. The second-order valence-corrected chi connectivity index (χ2v) is 20.2. The first-order valence-corrected chi connectivity index (χ1v) is 30.9. The molecule has 0 aromatic heterocycles. The van der Waals surface area contributed by atoms with Crippen LogP contribution in [0.2, 0.25) is 0 Å². The molecular formula is C68H114O6. The Labute approximate surface area is 457 Å². The van der Waals surface area contributed by atoms with Crippen molar-refractivity contribution in [2.45, 2.75) is 290 Å². The number of ether oxygens (including phenoxy) is 3. The van der Waals surface area contributed by atoms with Crippen LogP contribution in [0.5, 0.6) is 0 Å². The summed E-state index contributed by atoms with van der Waals surface area (Å²) in [6.45, 7) is 6.40. The molecule has 1 unspecified atom stereocenters. The molecule has 0 N–H and O–H groups in total. The van der Waals surface area contributed by atoms with Gasteiger partial charge in [0.05, 0.1) is 0 Å². The molecule has 0 heterocycles. The molecule has 0 fully saturated rings.